The van der Waals surface area contributed by atoms with Gasteiger partial charge in [0.15, 0.2) is 11.5 Å². The van der Waals surface area contributed by atoms with Crippen LogP contribution >= 0.6 is 0 Å². The number of aryl methyl sites for hydroxylation is 1. The molecule has 172 valence electrons. The quantitative estimate of drug-likeness (QED) is 0.376. The first-order chi connectivity index (χ1) is 15.8. The number of amides is 1. The molecule has 0 saturated carbocycles. The van der Waals surface area contributed by atoms with Gasteiger partial charge in [-0.15, -0.1) is 0 Å². The molecule has 7 nitrogen and oxygen atoms in total. The summed E-state index contributed by atoms with van der Waals surface area (Å²) in [6, 6.07) is 18.5. The molecule has 3 rings (SSSR count). The molecule has 33 heavy (non-hydrogen) atoms. The summed E-state index contributed by atoms with van der Waals surface area (Å²) in [6.45, 7) is 2.24. The van der Waals surface area contributed by atoms with E-state index in [9.17, 15) is 13.2 Å². The van der Waals surface area contributed by atoms with E-state index >= 15 is 0 Å². The third kappa shape index (κ3) is 6.60. The lowest BCUT2D eigenvalue weighted by Crippen LogP contribution is -2.20. The van der Waals surface area contributed by atoms with E-state index in [1.807, 2.05) is 31.2 Å². The van der Waals surface area contributed by atoms with E-state index < -0.39 is 10.1 Å². The average Bonchev–Trinajstić information content (AvgIpc) is 2.82. The maximum absolute atomic E-state index is 12.6. The lowest BCUT2D eigenvalue weighted by atomic mass is 10.2. The molecule has 0 aliphatic carbocycles. The molecule has 0 radical (unpaired) electrons. The molecule has 1 amide bonds. The van der Waals surface area contributed by atoms with Crippen LogP contribution in [0.2, 0.25) is 0 Å². The first kappa shape index (κ1) is 23.9. The molecular weight excluding hydrogens is 442 g/mol. The topological polar surface area (TPSA) is 90.9 Å². The second-order valence-electron chi connectivity index (χ2n) is 7.16. The number of benzene rings is 3. The van der Waals surface area contributed by atoms with Crippen molar-refractivity contribution in [2.45, 2.75) is 18.4 Å². The molecule has 8 heteroatoms. The highest BCUT2D eigenvalue weighted by Gasteiger charge is 2.19. The van der Waals surface area contributed by atoms with Crippen molar-refractivity contribution in [1.29, 1.82) is 0 Å². The highest BCUT2D eigenvalue weighted by Crippen LogP contribution is 2.31. The summed E-state index contributed by atoms with van der Waals surface area (Å²) in [7, 11) is -1.00. The zero-order chi connectivity index (χ0) is 23.8. The SMILES string of the molecule is COc1ccc(CNC(=O)/C=C/c2ccc(OS(=O)(=O)c3ccc(C)cc3)c(OC)c2)cc1. The van der Waals surface area contributed by atoms with Gasteiger partial charge in [0.05, 0.1) is 14.2 Å². The summed E-state index contributed by atoms with van der Waals surface area (Å²) in [4.78, 5) is 12.2. The maximum Gasteiger partial charge on any atom is 0.339 e. The van der Waals surface area contributed by atoms with Gasteiger partial charge in [0.2, 0.25) is 5.91 Å². The standard InChI is InChI=1S/C25H25NO6S/c1-18-4-12-22(13-5-18)33(28,29)32-23-14-8-19(16-24(23)31-3)9-15-25(27)26-17-20-6-10-21(30-2)11-7-20/h4-16H,17H2,1-3H3,(H,26,27)/b15-9+. The minimum absolute atomic E-state index is 0.0488. The van der Waals surface area contributed by atoms with Gasteiger partial charge < -0.3 is 19.0 Å². The van der Waals surface area contributed by atoms with Gasteiger partial charge in [0.25, 0.3) is 0 Å². The molecule has 0 aromatic heterocycles. The number of methoxy groups -OCH3 is 2. The smallest absolute Gasteiger partial charge is 0.339 e. The van der Waals surface area contributed by atoms with Crippen molar-refractivity contribution in [3.63, 3.8) is 0 Å². The predicted octanol–water partition coefficient (Wildman–Crippen LogP) is 4.11. The molecular formula is C25H25NO6S. The number of ether oxygens (including phenoxy) is 2. The Kier molecular flexibility index (Phi) is 7.74. The number of carbonyl (C=O) groups excluding carboxylic acids is 1. The second kappa shape index (κ2) is 10.7. The van der Waals surface area contributed by atoms with Crippen LogP contribution in [0.4, 0.5) is 0 Å². The third-order valence-corrected chi connectivity index (χ3v) is 6.00. The number of rotatable bonds is 9. The normalized spacial score (nSPS) is 11.2. The monoisotopic (exact) mass is 467 g/mol. The van der Waals surface area contributed by atoms with Gasteiger partial charge >= 0.3 is 10.1 Å². The van der Waals surface area contributed by atoms with Crippen molar-refractivity contribution in [3.8, 4) is 17.2 Å². The zero-order valence-corrected chi connectivity index (χ0v) is 19.4. The van der Waals surface area contributed by atoms with E-state index in [4.69, 9.17) is 13.7 Å². The fraction of sp³-hybridized carbons (Fsp3) is 0.160. The Bertz CT molecular complexity index is 1230. The van der Waals surface area contributed by atoms with Crippen molar-refractivity contribution in [1.82, 2.24) is 5.32 Å². The van der Waals surface area contributed by atoms with Gasteiger partial charge in [-0.25, -0.2) is 0 Å². The molecule has 0 heterocycles. The lowest BCUT2D eigenvalue weighted by Gasteiger charge is -2.11. The molecule has 3 aromatic carbocycles. The third-order valence-electron chi connectivity index (χ3n) is 4.75. The summed E-state index contributed by atoms with van der Waals surface area (Å²) in [6.07, 6.45) is 2.99. The molecule has 3 aromatic rings. The number of hydrogen-bond acceptors (Lipinski definition) is 6. The van der Waals surface area contributed by atoms with Crippen LogP contribution in [0.25, 0.3) is 6.08 Å². The Balaban J connectivity index is 1.65. The van der Waals surface area contributed by atoms with Crippen molar-refractivity contribution in [2.75, 3.05) is 14.2 Å². The zero-order valence-electron chi connectivity index (χ0n) is 18.6. The highest BCUT2D eigenvalue weighted by molar-refractivity contribution is 7.87. The van der Waals surface area contributed by atoms with Gasteiger partial charge in [-0.3, -0.25) is 4.79 Å². The van der Waals surface area contributed by atoms with Crippen molar-refractivity contribution >= 4 is 22.1 Å². The molecule has 0 spiro atoms. The largest absolute Gasteiger partial charge is 0.497 e. The number of nitrogens with one attached hydrogen (secondary N) is 1. The molecule has 0 bridgehead atoms. The van der Waals surface area contributed by atoms with Crippen LogP contribution in [-0.4, -0.2) is 28.5 Å². The van der Waals surface area contributed by atoms with Crippen molar-refractivity contribution in [2.24, 2.45) is 0 Å². The Morgan fingerprint density at radius 1 is 0.909 bits per heavy atom. The fourth-order valence-corrected chi connectivity index (χ4v) is 3.83. The summed E-state index contributed by atoms with van der Waals surface area (Å²) in [5, 5.41) is 2.80. The van der Waals surface area contributed by atoms with E-state index in [-0.39, 0.29) is 22.3 Å². The van der Waals surface area contributed by atoms with Crippen LogP contribution in [0.5, 0.6) is 17.2 Å². The minimum atomic E-state index is -4.01. The first-order valence-corrected chi connectivity index (χ1v) is 11.5. The van der Waals surface area contributed by atoms with E-state index in [2.05, 4.69) is 5.32 Å². The maximum atomic E-state index is 12.6. The summed E-state index contributed by atoms with van der Waals surface area (Å²) >= 11 is 0. The Labute approximate surface area is 193 Å². The number of carbonyl (C=O) groups is 1. The Morgan fingerprint density at radius 3 is 2.24 bits per heavy atom. The summed E-state index contributed by atoms with van der Waals surface area (Å²) in [5.74, 6) is 0.760. The molecule has 0 fully saturated rings. The van der Waals surface area contributed by atoms with Crippen LogP contribution < -0.4 is 19.0 Å². The second-order valence-corrected chi connectivity index (χ2v) is 8.71. The molecule has 0 unspecified atom stereocenters. The minimum Gasteiger partial charge on any atom is -0.497 e. The average molecular weight is 468 g/mol. The van der Waals surface area contributed by atoms with E-state index in [0.717, 1.165) is 16.9 Å². The summed E-state index contributed by atoms with van der Waals surface area (Å²) < 4.78 is 40.8. The van der Waals surface area contributed by atoms with Crippen LogP contribution in [-0.2, 0) is 21.5 Å². The van der Waals surface area contributed by atoms with Gasteiger partial charge in [-0.05, 0) is 60.5 Å². The molecule has 0 atom stereocenters. The van der Waals surface area contributed by atoms with Crippen LogP contribution in [0.15, 0.2) is 77.7 Å². The van der Waals surface area contributed by atoms with Crippen molar-refractivity contribution < 1.29 is 26.9 Å². The van der Waals surface area contributed by atoms with Crippen molar-refractivity contribution in [3.05, 3.63) is 89.5 Å². The van der Waals surface area contributed by atoms with E-state index in [0.29, 0.717) is 12.1 Å². The van der Waals surface area contributed by atoms with Crippen LogP contribution in [0.3, 0.4) is 0 Å². The fourth-order valence-electron chi connectivity index (χ4n) is 2.89. The van der Waals surface area contributed by atoms with Gasteiger partial charge in [0.1, 0.15) is 10.6 Å². The molecule has 1 N–H and O–H groups in total. The molecule has 0 aliphatic rings. The molecule has 0 aliphatic heterocycles. The Hall–Kier alpha value is -3.78. The van der Waals surface area contributed by atoms with Gasteiger partial charge in [-0.2, -0.15) is 8.42 Å². The van der Waals surface area contributed by atoms with Gasteiger partial charge in [-0.1, -0.05) is 35.9 Å². The Morgan fingerprint density at radius 2 is 1.61 bits per heavy atom. The first-order valence-electron chi connectivity index (χ1n) is 10.1. The van der Waals surface area contributed by atoms with E-state index in [1.165, 1.54) is 31.4 Å². The predicted molar refractivity (Wildman–Crippen MR) is 126 cm³/mol. The van der Waals surface area contributed by atoms with E-state index in [1.54, 1.807) is 37.5 Å². The van der Waals surface area contributed by atoms with Crippen LogP contribution in [0.1, 0.15) is 16.7 Å². The lowest BCUT2D eigenvalue weighted by molar-refractivity contribution is -0.116. The van der Waals surface area contributed by atoms with Gasteiger partial charge in [0, 0.05) is 12.6 Å². The highest BCUT2D eigenvalue weighted by atomic mass is 32.2. The van der Waals surface area contributed by atoms with Crippen LogP contribution in [0, 0.1) is 6.92 Å². The number of hydrogen-bond donors (Lipinski definition) is 1. The summed E-state index contributed by atoms with van der Waals surface area (Å²) in [5.41, 5.74) is 2.53. The molecule has 0 saturated heterocycles.